The Labute approximate surface area is 113 Å². The Morgan fingerprint density at radius 2 is 2.00 bits per heavy atom. The second kappa shape index (κ2) is 5.39. The lowest BCUT2D eigenvalue weighted by Crippen LogP contribution is -2.30. The summed E-state index contributed by atoms with van der Waals surface area (Å²) in [5, 5.41) is 14.7. The van der Waals surface area contributed by atoms with Crippen LogP contribution in [0.15, 0.2) is 30.3 Å². The molecule has 1 atom stereocenters. The molecule has 1 heterocycles. The fourth-order valence-corrected chi connectivity index (χ4v) is 2.90. The number of benzene rings is 1. The molecule has 3 heteroatoms. The molecule has 0 radical (unpaired) electrons. The van der Waals surface area contributed by atoms with E-state index in [4.69, 9.17) is 0 Å². The van der Waals surface area contributed by atoms with Gasteiger partial charge in [-0.3, -0.25) is 0 Å². The van der Waals surface area contributed by atoms with Gasteiger partial charge < -0.3 is 10.4 Å². The van der Waals surface area contributed by atoms with Gasteiger partial charge in [0.1, 0.15) is 6.10 Å². The Kier molecular flexibility index (Phi) is 4.05. The molecule has 1 aromatic carbocycles. The van der Waals surface area contributed by atoms with Gasteiger partial charge in [0.15, 0.2) is 0 Å². The van der Waals surface area contributed by atoms with E-state index in [1.165, 1.54) is 10.1 Å². The van der Waals surface area contributed by atoms with Crippen molar-refractivity contribution in [3.63, 3.8) is 0 Å². The number of aliphatic hydroxyl groups is 1. The molecule has 2 N–H and O–H groups in total. The van der Waals surface area contributed by atoms with Crippen molar-refractivity contribution >= 4 is 21.4 Å². The molecule has 0 bridgehead atoms. The van der Waals surface area contributed by atoms with Crippen LogP contribution in [-0.2, 0) is 0 Å². The van der Waals surface area contributed by atoms with Crippen LogP contribution in [0, 0.1) is 5.41 Å². The van der Waals surface area contributed by atoms with Crippen LogP contribution < -0.4 is 5.32 Å². The summed E-state index contributed by atoms with van der Waals surface area (Å²) in [6, 6.07) is 10.3. The average molecular weight is 263 g/mol. The maximum absolute atomic E-state index is 10.2. The third kappa shape index (κ3) is 3.55. The summed E-state index contributed by atoms with van der Waals surface area (Å²) >= 11 is 1.67. The van der Waals surface area contributed by atoms with Gasteiger partial charge >= 0.3 is 0 Å². The summed E-state index contributed by atoms with van der Waals surface area (Å²) in [4.78, 5) is 1.04. The summed E-state index contributed by atoms with van der Waals surface area (Å²) in [7, 11) is 0. The Balaban J connectivity index is 1.98. The van der Waals surface area contributed by atoms with Crippen LogP contribution in [-0.4, -0.2) is 18.2 Å². The molecule has 0 aliphatic rings. The number of nitrogens with one attached hydrogen (secondary N) is 1. The second-order valence-electron chi connectivity index (χ2n) is 5.89. The molecule has 0 amide bonds. The smallest absolute Gasteiger partial charge is 0.101 e. The van der Waals surface area contributed by atoms with Gasteiger partial charge in [0.05, 0.1) is 0 Å². The van der Waals surface area contributed by atoms with Crippen LogP contribution in [0.1, 0.15) is 31.8 Å². The van der Waals surface area contributed by atoms with E-state index in [-0.39, 0.29) is 5.41 Å². The number of thiophene rings is 1. The molecule has 98 valence electrons. The Morgan fingerprint density at radius 3 is 2.67 bits per heavy atom. The number of aliphatic hydroxyl groups excluding tert-OH is 1. The topological polar surface area (TPSA) is 32.3 Å². The number of rotatable bonds is 4. The minimum Gasteiger partial charge on any atom is -0.386 e. The van der Waals surface area contributed by atoms with E-state index in [0.717, 1.165) is 11.4 Å². The summed E-state index contributed by atoms with van der Waals surface area (Å²) in [5.74, 6) is 0. The first-order chi connectivity index (χ1) is 8.46. The number of hydrogen-bond donors (Lipinski definition) is 2. The lowest BCUT2D eigenvalue weighted by molar-refractivity contribution is 0.173. The molecule has 2 nitrogen and oxygen atoms in total. The standard InChI is InChI=1S/C15H21NOS/c1-15(2,3)10-16-9-12(17)14-8-11-6-4-5-7-13(11)18-14/h4-8,12,16-17H,9-10H2,1-3H3. The zero-order valence-electron chi connectivity index (χ0n) is 11.2. The van der Waals surface area contributed by atoms with Gasteiger partial charge in [-0.25, -0.2) is 0 Å². The van der Waals surface area contributed by atoms with Gasteiger partial charge in [-0.15, -0.1) is 11.3 Å². The normalized spacial score (nSPS) is 14.0. The molecule has 2 rings (SSSR count). The monoisotopic (exact) mass is 263 g/mol. The molecule has 1 unspecified atom stereocenters. The van der Waals surface area contributed by atoms with Crippen molar-refractivity contribution in [3.8, 4) is 0 Å². The Morgan fingerprint density at radius 1 is 1.28 bits per heavy atom. The van der Waals surface area contributed by atoms with E-state index < -0.39 is 6.10 Å². The van der Waals surface area contributed by atoms with Crippen molar-refractivity contribution < 1.29 is 5.11 Å². The van der Waals surface area contributed by atoms with Crippen molar-refractivity contribution in [3.05, 3.63) is 35.2 Å². The SMILES string of the molecule is CC(C)(C)CNCC(O)c1cc2ccccc2s1. The van der Waals surface area contributed by atoms with Crippen LogP contribution in [0.5, 0.6) is 0 Å². The zero-order chi connectivity index (χ0) is 13.2. The van der Waals surface area contributed by atoms with Gasteiger partial charge in [0, 0.05) is 22.7 Å². The van der Waals surface area contributed by atoms with E-state index >= 15 is 0 Å². The molecule has 0 saturated heterocycles. The second-order valence-corrected chi connectivity index (χ2v) is 7.01. The highest BCUT2D eigenvalue weighted by Gasteiger charge is 2.13. The van der Waals surface area contributed by atoms with Gasteiger partial charge in [0.25, 0.3) is 0 Å². The van der Waals surface area contributed by atoms with Crippen LogP contribution in [0.3, 0.4) is 0 Å². The zero-order valence-corrected chi connectivity index (χ0v) is 12.1. The van der Waals surface area contributed by atoms with Gasteiger partial charge in [-0.1, -0.05) is 39.0 Å². The minimum atomic E-state index is -0.412. The Hall–Kier alpha value is -0.900. The average Bonchev–Trinajstić information content (AvgIpc) is 2.70. The van der Waals surface area contributed by atoms with E-state index in [0.29, 0.717) is 6.54 Å². The molecule has 0 aliphatic heterocycles. The molecule has 18 heavy (non-hydrogen) atoms. The first kappa shape index (κ1) is 13.5. The van der Waals surface area contributed by atoms with Crippen molar-refractivity contribution in [1.82, 2.24) is 5.32 Å². The molecular formula is C15H21NOS. The highest BCUT2D eigenvalue weighted by atomic mass is 32.1. The quantitative estimate of drug-likeness (QED) is 0.884. The van der Waals surface area contributed by atoms with Crippen LogP contribution in [0.2, 0.25) is 0 Å². The number of hydrogen-bond acceptors (Lipinski definition) is 3. The van der Waals surface area contributed by atoms with Crippen molar-refractivity contribution in [2.24, 2.45) is 5.41 Å². The first-order valence-corrected chi connectivity index (χ1v) is 7.15. The maximum atomic E-state index is 10.2. The molecular weight excluding hydrogens is 242 g/mol. The molecule has 2 aromatic rings. The lowest BCUT2D eigenvalue weighted by atomic mass is 9.97. The summed E-state index contributed by atoms with van der Waals surface area (Å²) in [6.45, 7) is 8.09. The summed E-state index contributed by atoms with van der Waals surface area (Å²) in [6.07, 6.45) is -0.412. The van der Waals surface area contributed by atoms with Crippen LogP contribution in [0.4, 0.5) is 0 Å². The number of fused-ring (bicyclic) bond motifs is 1. The Bertz CT molecular complexity index is 479. The first-order valence-electron chi connectivity index (χ1n) is 6.33. The minimum absolute atomic E-state index is 0.250. The van der Waals surface area contributed by atoms with E-state index in [1.807, 2.05) is 12.1 Å². The van der Waals surface area contributed by atoms with Gasteiger partial charge in [-0.2, -0.15) is 0 Å². The molecule has 0 aliphatic carbocycles. The fourth-order valence-electron chi connectivity index (χ4n) is 1.85. The lowest BCUT2D eigenvalue weighted by Gasteiger charge is -2.20. The largest absolute Gasteiger partial charge is 0.386 e. The van der Waals surface area contributed by atoms with Gasteiger partial charge in [-0.05, 0) is 22.9 Å². The summed E-state index contributed by atoms with van der Waals surface area (Å²) in [5.41, 5.74) is 0.250. The highest BCUT2D eigenvalue weighted by Crippen LogP contribution is 2.29. The molecule has 1 aromatic heterocycles. The molecule has 0 saturated carbocycles. The predicted octanol–water partition coefficient (Wildman–Crippen LogP) is 3.57. The molecule has 0 spiro atoms. The van der Waals surface area contributed by atoms with Crippen LogP contribution >= 0.6 is 11.3 Å². The summed E-state index contributed by atoms with van der Waals surface area (Å²) < 4.78 is 1.24. The van der Waals surface area contributed by atoms with Gasteiger partial charge in [0.2, 0.25) is 0 Å². The van der Waals surface area contributed by atoms with E-state index in [2.05, 4.69) is 44.3 Å². The molecule has 0 fully saturated rings. The van der Waals surface area contributed by atoms with Crippen LogP contribution in [0.25, 0.3) is 10.1 Å². The maximum Gasteiger partial charge on any atom is 0.101 e. The predicted molar refractivity (Wildman–Crippen MR) is 79.1 cm³/mol. The van der Waals surface area contributed by atoms with Crippen molar-refractivity contribution in [1.29, 1.82) is 0 Å². The fraction of sp³-hybridized carbons (Fsp3) is 0.467. The van der Waals surface area contributed by atoms with E-state index in [9.17, 15) is 5.11 Å². The third-order valence-corrected chi connectivity index (χ3v) is 3.98. The van der Waals surface area contributed by atoms with E-state index in [1.54, 1.807) is 11.3 Å². The third-order valence-electron chi connectivity index (χ3n) is 2.77. The van der Waals surface area contributed by atoms with Crippen molar-refractivity contribution in [2.45, 2.75) is 26.9 Å². The van der Waals surface area contributed by atoms with Crippen molar-refractivity contribution in [2.75, 3.05) is 13.1 Å². The highest BCUT2D eigenvalue weighted by molar-refractivity contribution is 7.19.